The minimum atomic E-state index is -4.49. The highest BCUT2D eigenvalue weighted by Crippen LogP contribution is 2.37. The van der Waals surface area contributed by atoms with Gasteiger partial charge in [0, 0.05) is 25.1 Å². The molecule has 0 spiro atoms. The molecule has 0 saturated carbocycles. The van der Waals surface area contributed by atoms with E-state index in [9.17, 15) is 17.4 Å². The maximum Gasteiger partial charge on any atom is 0.422 e. The Labute approximate surface area is 143 Å². The normalized spacial score (nSPS) is 13.2. The van der Waals surface area contributed by atoms with Gasteiger partial charge in [-0.25, -0.2) is 4.98 Å². The molecule has 2 aromatic heterocycles. The van der Waals surface area contributed by atoms with E-state index < -0.39 is 23.6 Å². The van der Waals surface area contributed by atoms with Gasteiger partial charge in [0.25, 0.3) is 0 Å². The van der Waals surface area contributed by atoms with Crippen LogP contribution in [0.1, 0.15) is 0 Å². The van der Waals surface area contributed by atoms with E-state index >= 15 is 0 Å². The maximum atomic E-state index is 12.7. The lowest BCUT2D eigenvalue weighted by atomic mass is 10.1. The molecular formula is C16H14F3N3O2S. The van der Waals surface area contributed by atoms with Gasteiger partial charge in [-0.15, -0.1) is 0 Å². The Morgan fingerprint density at radius 2 is 2.00 bits per heavy atom. The number of hydrogen-bond donors (Lipinski definition) is 0. The molecule has 1 unspecified atom stereocenters. The average Bonchev–Trinajstić information content (AvgIpc) is 2.90. The molecule has 1 atom stereocenters. The van der Waals surface area contributed by atoms with E-state index in [1.54, 1.807) is 43.6 Å². The fraction of sp³-hybridized carbons (Fsp3) is 0.250. The average molecular weight is 369 g/mol. The molecule has 9 heteroatoms. The summed E-state index contributed by atoms with van der Waals surface area (Å²) < 4.78 is 56.5. The number of alkyl halides is 3. The second-order valence-electron chi connectivity index (χ2n) is 5.34. The van der Waals surface area contributed by atoms with Gasteiger partial charge in [0.05, 0.1) is 22.0 Å². The summed E-state index contributed by atoms with van der Waals surface area (Å²) in [4.78, 5) is 8.41. The number of imidazole rings is 1. The van der Waals surface area contributed by atoms with Crippen molar-refractivity contribution in [2.75, 3.05) is 12.9 Å². The van der Waals surface area contributed by atoms with Crippen molar-refractivity contribution in [1.82, 2.24) is 14.5 Å². The van der Waals surface area contributed by atoms with Crippen LogP contribution in [0.15, 0.2) is 41.7 Å². The van der Waals surface area contributed by atoms with Gasteiger partial charge < -0.3 is 9.30 Å². The van der Waals surface area contributed by atoms with E-state index in [1.165, 1.54) is 10.8 Å². The monoisotopic (exact) mass is 369 g/mol. The smallest absolute Gasteiger partial charge is 0.422 e. The Morgan fingerprint density at radius 3 is 2.60 bits per heavy atom. The molecule has 3 rings (SSSR count). The molecule has 0 N–H and O–H groups in total. The van der Waals surface area contributed by atoms with E-state index in [1.807, 2.05) is 0 Å². The zero-order chi connectivity index (χ0) is 18.2. The predicted molar refractivity (Wildman–Crippen MR) is 87.8 cm³/mol. The van der Waals surface area contributed by atoms with Crippen LogP contribution in [0.3, 0.4) is 0 Å². The molecule has 0 saturated heterocycles. The summed E-state index contributed by atoms with van der Waals surface area (Å²) >= 11 is 0. The van der Waals surface area contributed by atoms with Crippen LogP contribution in [0.4, 0.5) is 13.2 Å². The van der Waals surface area contributed by atoms with Gasteiger partial charge in [-0.3, -0.25) is 9.19 Å². The maximum absolute atomic E-state index is 12.7. The summed E-state index contributed by atoms with van der Waals surface area (Å²) in [6, 6.07) is 8.37. The summed E-state index contributed by atoms with van der Waals surface area (Å²) in [6.07, 6.45) is -1.49. The Balaban J connectivity index is 2.25. The lowest BCUT2D eigenvalue weighted by Gasteiger charge is -2.15. The molecule has 132 valence electrons. The van der Waals surface area contributed by atoms with Gasteiger partial charge in [0.15, 0.2) is 17.5 Å². The van der Waals surface area contributed by atoms with Gasteiger partial charge in [-0.1, -0.05) is 6.07 Å². The van der Waals surface area contributed by atoms with Crippen LogP contribution in [0.2, 0.25) is 0 Å². The summed E-state index contributed by atoms with van der Waals surface area (Å²) in [7, 11) is 0.197. The van der Waals surface area contributed by atoms with Crippen LogP contribution >= 0.6 is 0 Å². The van der Waals surface area contributed by atoms with Crippen molar-refractivity contribution in [1.29, 1.82) is 0 Å². The van der Waals surface area contributed by atoms with Crippen LogP contribution in [-0.2, 0) is 17.8 Å². The van der Waals surface area contributed by atoms with Crippen molar-refractivity contribution in [2.45, 2.75) is 11.3 Å². The van der Waals surface area contributed by atoms with Gasteiger partial charge in [-0.2, -0.15) is 13.2 Å². The van der Waals surface area contributed by atoms with Gasteiger partial charge >= 0.3 is 6.18 Å². The van der Waals surface area contributed by atoms with Gasteiger partial charge in [0.2, 0.25) is 0 Å². The van der Waals surface area contributed by atoms with Crippen molar-refractivity contribution in [3.63, 3.8) is 0 Å². The van der Waals surface area contributed by atoms with Crippen LogP contribution < -0.4 is 4.74 Å². The number of fused-ring (bicyclic) bond motifs is 1. The zero-order valence-electron chi connectivity index (χ0n) is 13.4. The fourth-order valence-corrected chi connectivity index (χ4v) is 3.23. The molecule has 2 heterocycles. The molecule has 0 aliphatic rings. The standard InChI is InChI=1S/C16H14F3N3O2S/c1-22-13-12(21-15(22)25(2)23)7-6-10(11-5-3-4-8-20-11)14(13)24-9-16(17,18)19/h3-8H,9H2,1-2H3. The number of hydrogen-bond acceptors (Lipinski definition) is 4. The van der Waals surface area contributed by atoms with E-state index in [-0.39, 0.29) is 10.9 Å². The first-order valence-corrected chi connectivity index (χ1v) is 8.77. The van der Waals surface area contributed by atoms with E-state index in [0.717, 1.165) is 0 Å². The summed E-state index contributed by atoms with van der Waals surface area (Å²) in [6.45, 7) is -1.44. The van der Waals surface area contributed by atoms with E-state index in [0.29, 0.717) is 22.3 Å². The molecule has 0 aliphatic heterocycles. The molecule has 0 radical (unpaired) electrons. The molecule has 0 fully saturated rings. The van der Waals surface area contributed by atoms with Gasteiger partial charge in [-0.05, 0) is 24.3 Å². The number of rotatable bonds is 4. The van der Waals surface area contributed by atoms with Crippen molar-refractivity contribution in [2.24, 2.45) is 7.05 Å². The summed E-state index contributed by atoms with van der Waals surface area (Å²) in [5, 5.41) is 0.255. The molecular weight excluding hydrogens is 355 g/mol. The Kier molecular flexibility index (Phi) is 4.51. The lowest BCUT2D eigenvalue weighted by Crippen LogP contribution is -2.20. The number of aromatic nitrogens is 3. The number of aryl methyl sites for hydroxylation is 1. The third-order valence-electron chi connectivity index (χ3n) is 3.53. The lowest BCUT2D eigenvalue weighted by molar-refractivity contribution is -0.153. The Hall–Kier alpha value is -2.42. The third kappa shape index (κ3) is 3.51. The largest absolute Gasteiger partial charge is 0.481 e. The minimum Gasteiger partial charge on any atom is -0.481 e. The van der Waals surface area contributed by atoms with Crippen molar-refractivity contribution in [3.05, 3.63) is 36.5 Å². The van der Waals surface area contributed by atoms with Crippen LogP contribution in [0.5, 0.6) is 5.75 Å². The van der Waals surface area contributed by atoms with E-state index in [4.69, 9.17) is 4.74 Å². The minimum absolute atomic E-state index is 0.0141. The van der Waals surface area contributed by atoms with Crippen molar-refractivity contribution < 1.29 is 22.1 Å². The highest BCUT2D eigenvalue weighted by atomic mass is 32.2. The quantitative estimate of drug-likeness (QED) is 0.708. The molecule has 1 aromatic carbocycles. The number of benzene rings is 1. The highest BCUT2D eigenvalue weighted by Gasteiger charge is 2.30. The second-order valence-corrected chi connectivity index (χ2v) is 6.61. The zero-order valence-corrected chi connectivity index (χ0v) is 14.2. The second kappa shape index (κ2) is 6.47. The van der Waals surface area contributed by atoms with E-state index in [2.05, 4.69) is 9.97 Å². The number of halogens is 3. The first-order valence-electron chi connectivity index (χ1n) is 7.22. The highest BCUT2D eigenvalue weighted by molar-refractivity contribution is 7.84. The van der Waals surface area contributed by atoms with Gasteiger partial charge in [0.1, 0.15) is 5.52 Å². The Bertz CT molecular complexity index is 939. The molecule has 5 nitrogen and oxygen atoms in total. The first-order chi connectivity index (χ1) is 11.8. The van der Waals surface area contributed by atoms with Crippen molar-refractivity contribution >= 4 is 21.8 Å². The SMILES string of the molecule is Cn1c(S(C)=O)nc2ccc(-c3ccccn3)c(OCC(F)(F)F)c21. The molecule has 0 aliphatic carbocycles. The summed E-state index contributed by atoms with van der Waals surface area (Å²) in [5.74, 6) is 0.0141. The van der Waals surface area contributed by atoms with Crippen LogP contribution in [0.25, 0.3) is 22.3 Å². The van der Waals surface area contributed by atoms with Crippen LogP contribution in [0, 0.1) is 0 Å². The molecule has 3 aromatic rings. The fourth-order valence-electron chi connectivity index (χ4n) is 2.53. The first kappa shape index (κ1) is 17.4. The predicted octanol–water partition coefficient (Wildman–Crippen LogP) is 3.31. The summed E-state index contributed by atoms with van der Waals surface area (Å²) in [5.41, 5.74) is 1.64. The van der Waals surface area contributed by atoms with Crippen molar-refractivity contribution in [3.8, 4) is 17.0 Å². The molecule has 0 amide bonds. The Morgan fingerprint density at radius 1 is 1.24 bits per heavy atom. The number of pyridine rings is 1. The number of nitrogens with zero attached hydrogens (tertiary/aromatic N) is 3. The van der Waals surface area contributed by atoms with Crippen LogP contribution in [-0.4, -0.2) is 37.8 Å². The molecule has 0 bridgehead atoms. The topological polar surface area (TPSA) is 57.0 Å². The number of ether oxygens (including phenoxy) is 1. The third-order valence-corrected chi connectivity index (χ3v) is 4.41. The molecule has 25 heavy (non-hydrogen) atoms.